The summed E-state index contributed by atoms with van der Waals surface area (Å²) in [5.41, 5.74) is 5.62. The Bertz CT molecular complexity index is 572. The van der Waals surface area contributed by atoms with E-state index in [1.807, 2.05) is 25.2 Å². The average molecular weight is 284 g/mol. The highest BCUT2D eigenvalue weighted by molar-refractivity contribution is 5.39. The Morgan fingerprint density at radius 3 is 2.38 bits per heavy atom. The monoisotopic (exact) mass is 284 g/mol. The highest BCUT2D eigenvalue weighted by Crippen LogP contribution is 2.24. The summed E-state index contributed by atoms with van der Waals surface area (Å²) in [6.07, 6.45) is 1.33. The third-order valence-corrected chi connectivity index (χ3v) is 3.71. The molecule has 0 aliphatic heterocycles. The molecule has 2 aromatic rings. The van der Waals surface area contributed by atoms with Crippen LogP contribution in [0.5, 0.6) is 0 Å². The van der Waals surface area contributed by atoms with Crippen LogP contribution in [0.15, 0.2) is 36.5 Å². The molecule has 0 aliphatic carbocycles. The van der Waals surface area contributed by atoms with Crippen molar-refractivity contribution in [3.05, 3.63) is 64.5 Å². The van der Waals surface area contributed by atoms with Crippen LogP contribution in [0.2, 0.25) is 0 Å². The van der Waals surface area contributed by atoms with Crippen LogP contribution in [-0.4, -0.2) is 28.6 Å². The number of aromatic nitrogens is 1. The van der Waals surface area contributed by atoms with Crippen LogP contribution in [0, 0.1) is 20.8 Å². The van der Waals surface area contributed by atoms with Crippen molar-refractivity contribution in [2.45, 2.75) is 33.4 Å². The molecule has 21 heavy (non-hydrogen) atoms. The molecule has 0 aliphatic rings. The van der Waals surface area contributed by atoms with E-state index in [0.717, 1.165) is 28.9 Å². The van der Waals surface area contributed by atoms with Crippen molar-refractivity contribution in [2.24, 2.45) is 0 Å². The van der Waals surface area contributed by atoms with Gasteiger partial charge < -0.3 is 5.11 Å². The number of hydrogen-bond acceptors (Lipinski definition) is 3. The molecule has 1 aromatic carbocycles. The van der Waals surface area contributed by atoms with Gasteiger partial charge in [0.25, 0.3) is 0 Å². The fourth-order valence-corrected chi connectivity index (χ4v) is 2.94. The average Bonchev–Trinajstić information content (AvgIpc) is 2.38. The molecule has 0 amide bonds. The molecule has 1 heterocycles. The SMILES string of the molecule is Cc1cc(C)c(C(O)CN(C)Cc2ccccn2)c(C)c1. The summed E-state index contributed by atoms with van der Waals surface area (Å²) in [6.45, 7) is 7.56. The van der Waals surface area contributed by atoms with Gasteiger partial charge in [0.1, 0.15) is 0 Å². The number of hydrogen-bond donors (Lipinski definition) is 1. The maximum Gasteiger partial charge on any atom is 0.0922 e. The zero-order chi connectivity index (χ0) is 15.4. The maximum absolute atomic E-state index is 10.6. The maximum atomic E-state index is 10.6. The van der Waals surface area contributed by atoms with Gasteiger partial charge in [0.05, 0.1) is 11.8 Å². The third-order valence-electron chi connectivity index (χ3n) is 3.71. The van der Waals surface area contributed by atoms with E-state index in [1.54, 1.807) is 6.20 Å². The summed E-state index contributed by atoms with van der Waals surface area (Å²) in [5.74, 6) is 0. The standard InChI is InChI=1S/C18H24N2O/c1-13-9-14(2)18(15(3)10-13)17(21)12-20(4)11-16-7-5-6-8-19-16/h5-10,17,21H,11-12H2,1-4H3. The zero-order valence-electron chi connectivity index (χ0n) is 13.3. The minimum absolute atomic E-state index is 0.473. The lowest BCUT2D eigenvalue weighted by molar-refractivity contribution is 0.122. The molecule has 0 radical (unpaired) electrons. The summed E-state index contributed by atoms with van der Waals surface area (Å²) in [5, 5.41) is 10.6. The van der Waals surface area contributed by atoms with Crippen molar-refractivity contribution >= 4 is 0 Å². The fraction of sp³-hybridized carbons (Fsp3) is 0.389. The van der Waals surface area contributed by atoms with Gasteiger partial charge in [-0.25, -0.2) is 0 Å². The van der Waals surface area contributed by atoms with Crippen molar-refractivity contribution in [3.8, 4) is 0 Å². The van der Waals surface area contributed by atoms with Gasteiger partial charge >= 0.3 is 0 Å². The number of aliphatic hydroxyl groups is 1. The third kappa shape index (κ3) is 4.13. The van der Waals surface area contributed by atoms with Gasteiger partial charge in [0, 0.05) is 19.3 Å². The number of aryl methyl sites for hydroxylation is 3. The van der Waals surface area contributed by atoms with Crippen molar-refractivity contribution in [1.29, 1.82) is 0 Å². The van der Waals surface area contributed by atoms with Gasteiger partial charge in [0.15, 0.2) is 0 Å². The van der Waals surface area contributed by atoms with Crippen LogP contribution in [-0.2, 0) is 6.54 Å². The van der Waals surface area contributed by atoms with Crippen LogP contribution in [0.4, 0.5) is 0 Å². The minimum atomic E-state index is -0.473. The molecule has 1 unspecified atom stereocenters. The van der Waals surface area contributed by atoms with Gasteiger partial charge in [-0.15, -0.1) is 0 Å². The Morgan fingerprint density at radius 1 is 1.14 bits per heavy atom. The number of pyridine rings is 1. The summed E-state index contributed by atoms with van der Waals surface area (Å²) >= 11 is 0. The van der Waals surface area contributed by atoms with Crippen LogP contribution < -0.4 is 0 Å². The molecule has 112 valence electrons. The highest BCUT2D eigenvalue weighted by atomic mass is 16.3. The molecule has 3 heteroatoms. The van der Waals surface area contributed by atoms with E-state index >= 15 is 0 Å². The number of aliphatic hydroxyl groups excluding tert-OH is 1. The molecule has 0 saturated heterocycles. The van der Waals surface area contributed by atoms with Crippen molar-refractivity contribution in [3.63, 3.8) is 0 Å². The second-order valence-corrected chi connectivity index (χ2v) is 5.85. The topological polar surface area (TPSA) is 36.4 Å². The lowest BCUT2D eigenvalue weighted by Gasteiger charge is -2.23. The lowest BCUT2D eigenvalue weighted by atomic mass is 9.95. The Balaban J connectivity index is 2.06. The van der Waals surface area contributed by atoms with E-state index in [-0.39, 0.29) is 0 Å². The molecular formula is C18H24N2O. The normalized spacial score (nSPS) is 12.7. The Labute approximate surface area is 127 Å². The van der Waals surface area contributed by atoms with E-state index in [4.69, 9.17) is 0 Å². The molecule has 1 atom stereocenters. The molecular weight excluding hydrogens is 260 g/mol. The van der Waals surface area contributed by atoms with E-state index in [0.29, 0.717) is 6.54 Å². The Kier molecular flexibility index (Phi) is 5.10. The highest BCUT2D eigenvalue weighted by Gasteiger charge is 2.16. The van der Waals surface area contributed by atoms with E-state index in [1.165, 1.54) is 5.56 Å². The molecule has 0 fully saturated rings. The molecule has 3 nitrogen and oxygen atoms in total. The van der Waals surface area contributed by atoms with Crippen LogP contribution in [0.3, 0.4) is 0 Å². The van der Waals surface area contributed by atoms with Gasteiger partial charge in [-0.2, -0.15) is 0 Å². The zero-order valence-corrected chi connectivity index (χ0v) is 13.3. The minimum Gasteiger partial charge on any atom is -0.387 e. The number of rotatable bonds is 5. The van der Waals surface area contributed by atoms with E-state index in [2.05, 4.69) is 42.8 Å². The molecule has 0 spiro atoms. The summed E-state index contributed by atoms with van der Waals surface area (Å²) < 4.78 is 0. The molecule has 0 bridgehead atoms. The first-order chi connectivity index (χ1) is 9.97. The lowest BCUT2D eigenvalue weighted by Crippen LogP contribution is -2.25. The predicted octanol–water partition coefficient (Wildman–Crippen LogP) is 3.17. The van der Waals surface area contributed by atoms with Gasteiger partial charge in [-0.1, -0.05) is 23.8 Å². The second-order valence-electron chi connectivity index (χ2n) is 5.85. The summed E-state index contributed by atoms with van der Waals surface area (Å²) in [4.78, 5) is 6.43. The molecule has 1 N–H and O–H groups in total. The van der Waals surface area contributed by atoms with Crippen molar-refractivity contribution < 1.29 is 5.11 Å². The summed E-state index contributed by atoms with van der Waals surface area (Å²) in [6, 6.07) is 10.2. The quantitative estimate of drug-likeness (QED) is 0.916. The second kappa shape index (κ2) is 6.83. The van der Waals surface area contributed by atoms with Crippen molar-refractivity contribution in [1.82, 2.24) is 9.88 Å². The van der Waals surface area contributed by atoms with Gasteiger partial charge in [0.2, 0.25) is 0 Å². The first-order valence-corrected chi connectivity index (χ1v) is 7.31. The first kappa shape index (κ1) is 15.7. The predicted molar refractivity (Wildman–Crippen MR) is 86.2 cm³/mol. The van der Waals surface area contributed by atoms with Crippen LogP contribution in [0.25, 0.3) is 0 Å². The van der Waals surface area contributed by atoms with E-state index in [9.17, 15) is 5.11 Å². The molecule has 1 aromatic heterocycles. The van der Waals surface area contributed by atoms with Crippen molar-refractivity contribution in [2.75, 3.05) is 13.6 Å². The van der Waals surface area contributed by atoms with Gasteiger partial charge in [-0.05, 0) is 56.6 Å². The first-order valence-electron chi connectivity index (χ1n) is 7.31. The Hall–Kier alpha value is -1.71. The van der Waals surface area contributed by atoms with Crippen LogP contribution in [0.1, 0.15) is 34.1 Å². The van der Waals surface area contributed by atoms with Gasteiger partial charge in [-0.3, -0.25) is 9.88 Å². The summed E-state index contributed by atoms with van der Waals surface area (Å²) in [7, 11) is 2.01. The smallest absolute Gasteiger partial charge is 0.0922 e. The number of benzene rings is 1. The Morgan fingerprint density at radius 2 is 1.81 bits per heavy atom. The van der Waals surface area contributed by atoms with Crippen LogP contribution >= 0.6 is 0 Å². The molecule has 0 saturated carbocycles. The molecule has 2 rings (SSSR count). The number of nitrogens with zero attached hydrogens (tertiary/aromatic N) is 2. The number of likely N-dealkylation sites (N-methyl/N-ethyl adjacent to an activating group) is 1. The largest absolute Gasteiger partial charge is 0.387 e. The van der Waals surface area contributed by atoms with E-state index < -0.39 is 6.10 Å². The fourth-order valence-electron chi connectivity index (χ4n) is 2.94.